The van der Waals surface area contributed by atoms with Gasteiger partial charge in [0.15, 0.2) is 5.09 Å². The molecule has 1 heterocycles. The SMILES string of the molecule is CC(Cc1ccccc1)N=Cc1cc(-c2ccccc2)oc1S. The molecule has 0 saturated carbocycles. The van der Waals surface area contributed by atoms with E-state index in [0.717, 1.165) is 23.3 Å². The summed E-state index contributed by atoms with van der Waals surface area (Å²) >= 11 is 4.41. The molecule has 3 heteroatoms. The number of rotatable bonds is 5. The van der Waals surface area contributed by atoms with Crippen LogP contribution in [-0.4, -0.2) is 12.3 Å². The Morgan fingerprint density at radius 3 is 2.39 bits per heavy atom. The van der Waals surface area contributed by atoms with E-state index in [1.54, 1.807) is 0 Å². The van der Waals surface area contributed by atoms with E-state index >= 15 is 0 Å². The Balaban J connectivity index is 1.71. The summed E-state index contributed by atoms with van der Waals surface area (Å²) in [5.74, 6) is 0.813. The van der Waals surface area contributed by atoms with Gasteiger partial charge in [0.1, 0.15) is 5.76 Å². The minimum absolute atomic E-state index is 0.209. The topological polar surface area (TPSA) is 25.5 Å². The fourth-order valence-electron chi connectivity index (χ4n) is 2.45. The second-order valence-corrected chi connectivity index (χ2v) is 5.96. The second-order valence-electron chi connectivity index (χ2n) is 5.55. The van der Waals surface area contributed by atoms with Gasteiger partial charge in [0.05, 0.1) is 6.04 Å². The average molecular weight is 321 g/mol. The molecule has 0 aliphatic carbocycles. The van der Waals surface area contributed by atoms with Crippen LogP contribution in [0.15, 0.2) is 81.2 Å². The largest absolute Gasteiger partial charge is 0.449 e. The van der Waals surface area contributed by atoms with Crippen LogP contribution in [0, 0.1) is 0 Å². The highest BCUT2D eigenvalue weighted by atomic mass is 32.1. The van der Waals surface area contributed by atoms with Gasteiger partial charge in [0.2, 0.25) is 0 Å². The van der Waals surface area contributed by atoms with Gasteiger partial charge in [-0.25, -0.2) is 0 Å². The zero-order valence-corrected chi connectivity index (χ0v) is 13.9. The van der Waals surface area contributed by atoms with Crippen molar-refractivity contribution in [2.75, 3.05) is 0 Å². The van der Waals surface area contributed by atoms with Gasteiger partial charge < -0.3 is 4.42 Å². The Kier molecular flexibility index (Phi) is 4.99. The van der Waals surface area contributed by atoms with Gasteiger partial charge in [-0.2, -0.15) is 0 Å². The summed E-state index contributed by atoms with van der Waals surface area (Å²) in [6.45, 7) is 2.11. The van der Waals surface area contributed by atoms with Crippen LogP contribution in [0.5, 0.6) is 0 Å². The minimum Gasteiger partial charge on any atom is -0.449 e. The van der Waals surface area contributed by atoms with Crippen molar-refractivity contribution in [3.63, 3.8) is 0 Å². The molecule has 0 N–H and O–H groups in total. The van der Waals surface area contributed by atoms with Crippen LogP contribution in [0.1, 0.15) is 18.1 Å². The lowest BCUT2D eigenvalue weighted by Crippen LogP contribution is -2.03. The first kappa shape index (κ1) is 15.6. The van der Waals surface area contributed by atoms with E-state index in [9.17, 15) is 0 Å². The summed E-state index contributed by atoms with van der Waals surface area (Å²) in [6.07, 6.45) is 2.77. The molecule has 0 fully saturated rings. The highest BCUT2D eigenvalue weighted by Gasteiger charge is 2.08. The third-order valence-electron chi connectivity index (χ3n) is 3.64. The minimum atomic E-state index is 0.209. The molecule has 0 spiro atoms. The molecule has 0 amide bonds. The van der Waals surface area contributed by atoms with Crippen molar-refractivity contribution in [2.24, 2.45) is 4.99 Å². The van der Waals surface area contributed by atoms with Gasteiger partial charge >= 0.3 is 0 Å². The molecule has 1 unspecified atom stereocenters. The van der Waals surface area contributed by atoms with Crippen LogP contribution in [0.2, 0.25) is 0 Å². The highest BCUT2D eigenvalue weighted by Crippen LogP contribution is 2.26. The standard InChI is InChI=1S/C20H19NOS/c1-15(12-16-8-4-2-5-9-16)21-14-18-13-19(22-20(18)23)17-10-6-3-7-11-17/h2-11,13-15,23H,12H2,1H3. The van der Waals surface area contributed by atoms with E-state index in [1.807, 2.05) is 48.7 Å². The van der Waals surface area contributed by atoms with E-state index in [-0.39, 0.29) is 6.04 Å². The molecule has 1 aromatic heterocycles. The number of aliphatic imine (C=N–C) groups is 1. The molecular formula is C20H19NOS. The number of hydrogen-bond donors (Lipinski definition) is 1. The number of hydrogen-bond acceptors (Lipinski definition) is 3. The zero-order valence-electron chi connectivity index (χ0n) is 13.0. The summed E-state index contributed by atoms with van der Waals surface area (Å²) in [7, 11) is 0. The predicted octanol–water partition coefficient (Wildman–Crippen LogP) is 5.29. The molecule has 23 heavy (non-hydrogen) atoms. The molecule has 0 bridgehead atoms. The lowest BCUT2D eigenvalue weighted by molar-refractivity contribution is 0.489. The monoisotopic (exact) mass is 321 g/mol. The molecule has 116 valence electrons. The van der Waals surface area contributed by atoms with Gasteiger partial charge in [-0.3, -0.25) is 4.99 Å². The Labute approximate surface area is 142 Å². The molecule has 0 aliphatic rings. The Hall–Kier alpha value is -2.26. The molecule has 0 saturated heterocycles. The molecule has 2 nitrogen and oxygen atoms in total. The van der Waals surface area contributed by atoms with Crippen molar-refractivity contribution >= 4 is 18.8 Å². The fraction of sp³-hybridized carbons (Fsp3) is 0.150. The quantitative estimate of drug-likeness (QED) is 0.501. The smallest absolute Gasteiger partial charge is 0.166 e. The first-order chi connectivity index (χ1) is 11.2. The number of furan rings is 1. The maximum atomic E-state index is 5.72. The summed E-state index contributed by atoms with van der Waals surface area (Å²) in [6, 6.07) is 22.6. The van der Waals surface area contributed by atoms with Gasteiger partial charge in [0.25, 0.3) is 0 Å². The molecule has 3 aromatic rings. The van der Waals surface area contributed by atoms with Gasteiger partial charge in [-0.15, -0.1) is 12.6 Å². The Morgan fingerprint density at radius 2 is 1.70 bits per heavy atom. The lowest BCUT2D eigenvalue weighted by atomic mass is 10.1. The van der Waals surface area contributed by atoms with Crippen molar-refractivity contribution in [3.05, 3.63) is 77.9 Å². The predicted molar refractivity (Wildman–Crippen MR) is 98.6 cm³/mol. The Morgan fingerprint density at radius 1 is 1.04 bits per heavy atom. The van der Waals surface area contributed by atoms with Gasteiger partial charge in [0, 0.05) is 17.3 Å². The number of thiol groups is 1. The van der Waals surface area contributed by atoms with Crippen molar-refractivity contribution in [3.8, 4) is 11.3 Å². The van der Waals surface area contributed by atoms with E-state index in [0.29, 0.717) is 5.09 Å². The highest BCUT2D eigenvalue weighted by molar-refractivity contribution is 7.80. The summed E-state index contributed by atoms with van der Waals surface area (Å²) < 4.78 is 5.72. The van der Waals surface area contributed by atoms with E-state index < -0.39 is 0 Å². The summed E-state index contributed by atoms with van der Waals surface area (Å²) in [4.78, 5) is 4.62. The van der Waals surface area contributed by atoms with Crippen LogP contribution >= 0.6 is 12.6 Å². The normalized spacial score (nSPS) is 12.6. The van der Waals surface area contributed by atoms with Crippen molar-refractivity contribution in [1.82, 2.24) is 0 Å². The van der Waals surface area contributed by atoms with Crippen LogP contribution in [0.25, 0.3) is 11.3 Å². The van der Waals surface area contributed by atoms with Crippen LogP contribution in [-0.2, 0) is 6.42 Å². The number of nitrogens with zero attached hydrogens (tertiary/aromatic N) is 1. The maximum absolute atomic E-state index is 5.72. The molecule has 0 aliphatic heterocycles. The molecule has 1 atom stereocenters. The van der Waals surface area contributed by atoms with Crippen molar-refractivity contribution < 1.29 is 4.42 Å². The first-order valence-electron chi connectivity index (χ1n) is 7.67. The third kappa shape index (κ3) is 4.14. The van der Waals surface area contributed by atoms with Crippen molar-refractivity contribution in [2.45, 2.75) is 24.5 Å². The van der Waals surface area contributed by atoms with E-state index in [1.165, 1.54) is 5.56 Å². The molecular weight excluding hydrogens is 302 g/mol. The molecule has 3 rings (SSSR count). The maximum Gasteiger partial charge on any atom is 0.166 e. The molecule has 0 radical (unpaired) electrons. The van der Waals surface area contributed by atoms with Crippen molar-refractivity contribution in [1.29, 1.82) is 0 Å². The average Bonchev–Trinajstić information content (AvgIpc) is 2.96. The third-order valence-corrected chi connectivity index (χ3v) is 3.99. The van der Waals surface area contributed by atoms with Gasteiger partial charge in [-0.05, 0) is 25.0 Å². The van der Waals surface area contributed by atoms with Crippen LogP contribution < -0.4 is 0 Å². The van der Waals surface area contributed by atoms with Crippen LogP contribution in [0.3, 0.4) is 0 Å². The van der Waals surface area contributed by atoms with E-state index in [2.05, 4.69) is 48.8 Å². The fourth-order valence-corrected chi connectivity index (χ4v) is 2.67. The lowest BCUT2D eigenvalue weighted by Gasteiger charge is -2.05. The number of benzene rings is 2. The van der Waals surface area contributed by atoms with Gasteiger partial charge in [-0.1, -0.05) is 60.7 Å². The van der Waals surface area contributed by atoms with E-state index in [4.69, 9.17) is 4.42 Å². The summed E-state index contributed by atoms with van der Waals surface area (Å²) in [5, 5.41) is 0.597. The first-order valence-corrected chi connectivity index (χ1v) is 8.12. The molecule has 2 aromatic carbocycles. The second kappa shape index (κ2) is 7.34. The Bertz CT molecular complexity index is 778. The van der Waals surface area contributed by atoms with Crippen LogP contribution in [0.4, 0.5) is 0 Å². The summed E-state index contributed by atoms with van der Waals surface area (Å²) in [5.41, 5.74) is 3.24. The zero-order chi connectivity index (χ0) is 16.1.